The third-order valence-electron chi connectivity index (χ3n) is 3.71. The van der Waals surface area contributed by atoms with E-state index in [4.69, 9.17) is 21.1 Å². The molecule has 0 saturated carbocycles. The highest BCUT2D eigenvalue weighted by atomic mass is 35.5. The summed E-state index contributed by atoms with van der Waals surface area (Å²) in [6, 6.07) is 15.0. The highest BCUT2D eigenvalue weighted by Crippen LogP contribution is 2.30. The number of nitrogens with one attached hydrogen (secondary N) is 2. The molecule has 0 amide bonds. The Hall–Kier alpha value is -2.99. The van der Waals surface area contributed by atoms with Crippen LogP contribution < -0.4 is 20.1 Å². The molecule has 2 N–H and O–H groups in total. The third kappa shape index (κ3) is 4.80. The van der Waals surface area contributed by atoms with Crippen molar-refractivity contribution in [3.05, 3.63) is 59.2 Å². The van der Waals surface area contributed by atoms with Crippen molar-refractivity contribution in [3.63, 3.8) is 0 Å². The molecule has 0 saturated heterocycles. The highest BCUT2D eigenvalue weighted by Gasteiger charge is 2.08. The molecule has 0 aliphatic heterocycles. The molecule has 3 aromatic rings. The van der Waals surface area contributed by atoms with Crippen LogP contribution >= 0.6 is 11.6 Å². The van der Waals surface area contributed by atoms with Gasteiger partial charge in [0.2, 0.25) is 5.95 Å². The van der Waals surface area contributed by atoms with E-state index in [9.17, 15) is 0 Å². The van der Waals surface area contributed by atoms with E-state index in [0.29, 0.717) is 29.1 Å². The summed E-state index contributed by atoms with van der Waals surface area (Å²) < 4.78 is 10.8. The summed E-state index contributed by atoms with van der Waals surface area (Å²) in [6.07, 6.45) is 0. The minimum Gasteiger partial charge on any atom is -0.495 e. The Bertz CT molecular complexity index is 934. The van der Waals surface area contributed by atoms with Crippen molar-refractivity contribution in [1.82, 2.24) is 9.97 Å². The predicted molar refractivity (Wildman–Crippen MR) is 109 cm³/mol. The van der Waals surface area contributed by atoms with Crippen LogP contribution in [0.2, 0.25) is 5.02 Å². The van der Waals surface area contributed by atoms with Gasteiger partial charge in [0.05, 0.1) is 24.4 Å². The zero-order valence-corrected chi connectivity index (χ0v) is 16.2. The number of hydrogen-bond donors (Lipinski definition) is 2. The molecule has 1 aromatic heterocycles. The minimum absolute atomic E-state index is 0.476. The SMILES string of the molecule is CCOc1ccccc1Nc1nc(C)cc(Nc2ccc(OC)c(Cl)c2)n1. The van der Waals surface area contributed by atoms with E-state index in [1.54, 1.807) is 19.2 Å². The van der Waals surface area contributed by atoms with Crippen molar-refractivity contribution in [2.75, 3.05) is 24.4 Å². The summed E-state index contributed by atoms with van der Waals surface area (Å²) in [5.74, 6) is 2.50. The van der Waals surface area contributed by atoms with Crippen LogP contribution in [0.25, 0.3) is 0 Å². The molecule has 1 heterocycles. The zero-order chi connectivity index (χ0) is 19.2. The van der Waals surface area contributed by atoms with Gasteiger partial charge in [0, 0.05) is 17.4 Å². The number of hydrogen-bond acceptors (Lipinski definition) is 6. The quantitative estimate of drug-likeness (QED) is 0.573. The highest BCUT2D eigenvalue weighted by molar-refractivity contribution is 6.32. The molecule has 0 unspecified atom stereocenters. The van der Waals surface area contributed by atoms with Gasteiger partial charge in [0.1, 0.15) is 17.3 Å². The maximum Gasteiger partial charge on any atom is 0.229 e. The Labute approximate surface area is 163 Å². The Morgan fingerprint density at radius 2 is 1.81 bits per heavy atom. The number of para-hydroxylation sites is 2. The van der Waals surface area contributed by atoms with Crippen LogP contribution in [0.3, 0.4) is 0 Å². The largest absolute Gasteiger partial charge is 0.495 e. The van der Waals surface area contributed by atoms with Crippen molar-refractivity contribution in [2.45, 2.75) is 13.8 Å². The van der Waals surface area contributed by atoms with Gasteiger partial charge in [-0.15, -0.1) is 0 Å². The van der Waals surface area contributed by atoms with E-state index in [-0.39, 0.29) is 0 Å². The number of benzene rings is 2. The van der Waals surface area contributed by atoms with Gasteiger partial charge in [-0.2, -0.15) is 4.98 Å². The maximum absolute atomic E-state index is 6.19. The molecule has 0 atom stereocenters. The number of aromatic nitrogens is 2. The topological polar surface area (TPSA) is 68.3 Å². The minimum atomic E-state index is 0.476. The van der Waals surface area contributed by atoms with Gasteiger partial charge in [-0.05, 0) is 44.2 Å². The smallest absolute Gasteiger partial charge is 0.229 e. The van der Waals surface area contributed by atoms with Gasteiger partial charge in [0.25, 0.3) is 0 Å². The Morgan fingerprint density at radius 1 is 1.00 bits per heavy atom. The maximum atomic E-state index is 6.19. The fourth-order valence-corrected chi connectivity index (χ4v) is 2.81. The van der Waals surface area contributed by atoms with Gasteiger partial charge >= 0.3 is 0 Å². The standard InChI is InChI=1S/C20H21ClN4O2/c1-4-27-18-8-6-5-7-16(18)24-20-22-13(2)11-19(25-20)23-14-9-10-17(26-3)15(21)12-14/h5-12H,4H2,1-3H3,(H2,22,23,24,25). The zero-order valence-electron chi connectivity index (χ0n) is 15.4. The number of halogens is 1. The fraction of sp³-hybridized carbons (Fsp3) is 0.200. The van der Waals surface area contributed by atoms with Crippen LogP contribution in [0.4, 0.5) is 23.1 Å². The number of aryl methyl sites for hydroxylation is 1. The first-order valence-corrected chi connectivity index (χ1v) is 8.92. The number of nitrogens with zero attached hydrogens (tertiary/aromatic N) is 2. The van der Waals surface area contributed by atoms with E-state index in [2.05, 4.69) is 20.6 Å². The first-order valence-electron chi connectivity index (χ1n) is 8.54. The summed E-state index contributed by atoms with van der Waals surface area (Å²) in [5.41, 5.74) is 2.44. The van der Waals surface area contributed by atoms with Crippen molar-refractivity contribution >= 4 is 34.7 Å². The molecule has 0 spiro atoms. The lowest BCUT2D eigenvalue weighted by atomic mass is 10.3. The number of ether oxygens (including phenoxy) is 2. The lowest BCUT2D eigenvalue weighted by molar-refractivity contribution is 0.342. The molecule has 0 aliphatic rings. The van der Waals surface area contributed by atoms with E-state index in [1.807, 2.05) is 50.2 Å². The predicted octanol–water partition coefficient (Wildman–Crippen LogP) is 5.33. The Kier molecular flexibility index (Phi) is 5.98. The van der Waals surface area contributed by atoms with E-state index >= 15 is 0 Å². The molecule has 0 bridgehead atoms. The van der Waals surface area contributed by atoms with Crippen LogP contribution in [0.15, 0.2) is 48.5 Å². The molecule has 3 rings (SSSR count). The van der Waals surface area contributed by atoms with E-state index in [0.717, 1.165) is 22.8 Å². The second-order valence-corrected chi connectivity index (χ2v) is 6.15. The summed E-state index contributed by atoms with van der Waals surface area (Å²) in [5, 5.41) is 6.99. The van der Waals surface area contributed by atoms with E-state index in [1.165, 1.54) is 0 Å². The fourth-order valence-electron chi connectivity index (χ4n) is 2.55. The lowest BCUT2D eigenvalue weighted by Gasteiger charge is -2.13. The van der Waals surface area contributed by atoms with Crippen molar-refractivity contribution in [1.29, 1.82) is 0 Å². The molecule has 7 heteroatoms. The van der Waals surface area contributed by atoms with Crippen LogP contribution in [-0.4, -0.2) is 23.7 Å². The van der Waals surface area contributed by atoms with Crippen molar-refractivity contribution in [3.8, 4) is 11.5 Å². The molecule has 0 aliphatic carbocycles. The normalized spacial score (nSPS) is 10.4. The number of methoxy groups -OCH3 is 1. The summed E-state index contributed by atoms with van der Waals surface area (Å²) in [7, 11) is 1.58. The lowest BCUT2D eigenvalue weighted by Crippen LogP contribution is -2.04. The van der Waals surface area contributed by atoms with Gasteiger partial charge in [0.15, 0.2) is 0 Å². The van der Waals surface area contributed by atoms with Gasteiger partial charge in [-0.25, -0.2) is 4.98 Å². The summed E-state index contributed by atoms with van der Waals surface area (Å²) >= 11 is 6.19. The number of rotatable bonds is 7. The van der Waals surface area contributed by atoms with Crippen LogP contribution in [0.5, 0.6) is 11.5 Å². The molecule has 0 fully saturated rings. The van der Waals surface area contributed by atoms with Crippen LogP contribution in [0.1, 0.15) is 12.6 Å². The average Bonchev–Trinajstić information content (AvgIpc) is 2.63. The second kappa shape index (κ2) is 8.60. The summed E-state index contributed by atoms with van der Waals surface area (Å²) in [4.78, 5) is 8.99. The summed E-state index contributed by atoms with van der Waals surface area (Å²) in [6.45, 7) is 4.44. The van der Waals surface area contributed by atoms with Crippen molar-refractivity contribution in [2.24, 2.45) is 0 Å². The molecule has 2 aromatic carbocycles. The first kappa shape index (κ1) is 18.8. The molecule has 140 valence electrons. The van der Waals surface area contributed by atoms with Crippen LogP contribution in [-0.2, 0) is 0 Å². The monoisotopic (exact) mass is 384 g/mol. The Balaban J connectivity index is 1.83. The van der Waals surface area contributed by atoms with Crippen molar-refractivity contribution < 1.29 is 9.47 Å². The van der Waals surface area contributed by atoms with Gasteiger partial charge in [-0.3, -0.25) is 0 Å². The first-order chi connectivity index (χ1) is 13.1. The number of anilines is 4. The van der Waals surface area contributed by atoms with Crippen LogP contribution in [0, 0.1) is 6.92 Å². The van der Waals surface area contributed by atoms with Gasteiger partial charge < -0.3 is 20.1 Å². The molecule has 0 radical (unpaired) electrons. The van der Waals surface area contributed by atoms with E-state index < -0.39 is 0 Å². The molecular formula is C20H21ClN4O2. The molecular weight excluding hydrogens is 364 g/mol. The molecule has 6 nitrogen and oxygen atoms in total. The Morgan fingerprint density at radius 3 is 2.56 bits per heavy atom. The average molecular weight is 385 g/mol. The van der Waals surface area contributed by atoms with Gasteiger partial charge in [-0.1, -0.05) is 23.7 Å². The molecule has 27 heavy (non-hydrogen) atoms. The third-order valence-corrected chi connectivity index (χ3v) is 4.01. The second-order valence-electron chi connectivity index (χ2n) is 5.75.